The highest BCUT2D eigenvalue weighted by Gasteiger charge is 2.20. The van der Waals surface area contributed by atoms with Crippen LogP contribution in [-0.4, -0.2) is 29.9 Å². The van der Waals surface area contributed by atoms with Gasteiger partial charge in [0, 0.05) is 19.2 Å². The third kappa shape index (κ3) is 1.72. The minimum Gasteiger partial charge on any atom is -0.334 e. The van der Waals surface area contributed by atoms with E-state index < -0.39 is 0 Å². The summed E-state index contributed by atoms with van der Waals surface area (Å²) in [6.45, 7) is 4.18. The van der Waals surface area contributed by atoms with E-state index in [0.29, 0.717) is 13.1 Å². The lowest BCUT2D eigenvalue weighted by atomic mass is 10.6. The van der Waals surface area contributed by atoms with Crippen molar-refractivity contribution in [3.05, 3.63) is 24.8 Å². The number of nitrogens with zero attached hydrogens (tertiary/aromatic N) is 1. The van der Waals surface area contributed by atoms with Crippen LogP contribution in [0.15, 0.2) is 24.8 Å². The van der Waals surface area contributed by atoms with Crippen LogP contribution >= 0.6 is 0 Å². The zero-order valence-electron chi connectivity index (χ0n) is 6.62. The summed E-state index contributed by atoms with van der Waals surface area (Å²) in [4.78, 5) is 23.2. The van der Waals surface area contributed by atoms with Gasteiger partial charge in [-0.1, -0.05) is 12.2 Å². The molecule has 1 rings (SSSR count). The smallest absolute Gasteiger partial charge is 0.324 e. The summed E-state index contributed by atoms with van der Waals surface area (Å²) in [6.07, 6.45) is 4.59. The van der Waals surface area contributed by atoms with E-state index >= 15 is 0 Å². The molecular formula is C8H10N2O2. The fourth-order valence-electron chi connectivity index (χ4n) is 0.877. The van der Waals surface area contributed by atoms with Crippen molar-refractivity contribution in [2.75, 3.05) is 13.1 Å². The van der Waals surface area contributed by atoms with Crippen LogP contribution in [0.25, 0.3) is 0 Å². The molecule has 0 spiro atoms. The third-order valence-corrected chi connectivity index (χ3v) is 1.46. The Morgan fingerprint density at radius 3 is 3.08 bits per heavy atom. The van der Waals surface area contributed by atoms with Gasteiger partial charge in [-0.2, -0.15) is 0 Å². The number of rotatable bonds is 2. The summed E-state index contributed by atoms with van der Waals surface area (Å²) in [5, 5.41) is 2.51. The van der Waals surface area contributed by atoms with Crippen molar-refractivity contribution in [3.8, 4) is 0 Å². The summed E-state index contributed by atoms with van der Waals surface area (Å²) < 4.78 is 0. The van der Waals surface area contributed by atoms with E-state index in [9.17, 15) is 9.59 Å². The van der Waals surface area contributed by atoms with E-state index in [0.717, 1.165) is 4.90 Å². The SMILES string of the molecule is C=CCNC(=O)N1CC=CC1=O. The summed E-state index contributed by atoms with van der Waals surface area (Å²) in [6, 6.07) is -0.370. The summed E-state index contributed by atoms with van der Waals surface area (Å²) in [5.41, 5.74) is 0. The predicted octanol–water partition coefficient (Wildman–Crippen LogP) is 0.280. The van der Waals surface area contributed by atoms with Gasteiger partial charge in [0.2, 0.25) is 0 Å². The van der Waals surface area contributed by atoms with E-state index in [-0.39, 0.29) is 11.9 Å². The molecule has 0 atom stereocenters. The van der Waals surface area contributed by atoms with Crippen LogP contribution in [0.4, 0.5) is 4.79 Å². The Hall–Kier alpha value is -1.58. The van der Waals surface area contributed by atoms with Crippen molar-refractivity contribution in [1.29, 1.82) is 0 Å². The first-order valence-corrected chi connectivity index (χ1v) is 3.62. The Labute approximate surface area is 70.5 Å². The summed E-state index contributed by atoms with van der Waals surface area (Å²) >= 11 is 0. The Kier molecular flexibility index (Phi) is 2.63. The molecule has 0 aliphatic carbocycles. The van der Waals surface area contributed by atoms with Gasteiger partial charge in [-0.15, -0.1) is 6.58 Å². The standard InChI is InChI=1S/C8H10N2O2/c1-2-5-9-8(12)10-6-3-4-7(10)11/h2-4H,1,5-6H2,(H,9,12). The molecule has 4 nitrogen and oxygen atoms in total. The normalized spacial score (nSPS) is 15.0. The number of nitrogens with one attached hydrogen (secondary N) is 1. The van der Waals surface area contributed by atoms with Crippen LogP contribution in [0, 0.1) is 0 Å². The van der Waals surface area contributed by atoms with Crippen LogP contribution in [0.1, 0.15) is 0 Å². The molecule has 0 aromatic carbocycles. The molecule has 0 radical (unpaired) electrons. The largest absolute Gasteiger partial charge is 0.334 e. The first-order valence-electron chi connectivity index (χ1n) is 3.62. The van der Waals surface area contributed by atoms with Crippen molar-refractivity contribution in [3.63, 3.8) is 0 Å². The molecule has 12 heavy (non-hydrogen) atoms. The molecule has 1 aliphatic heterocycles. The zero-order chi connectivity index (χ0) is 8.97. The number of hydrogen-bond donors (Lipinski definition) is 1. The van der Waals surface area contributed by atoms with Gasteiger partial charge in [0.15, 0.2) is 0 Å². The van der Waals surface area contributed by atoms with E-state index in [1.807, 2.05) is 0 Å². The second-order valence-electron chi connectivity index (χ2n) is 2.33. The Morgan fingerprint density at radius 1 is 1.83 bits per heavy atom. The van der Waals surface area contributed by atoms with E-state index in [1.165, 1.54) is 6.08 Å². The molecule has 64 valence electrons. The fourth-order valence-corrected chi connectivity index (χ4v) is 0.877. The minimum atomic E-state index is -0.370. The zero-order valence-corrected chi connectivity index (χ0v) is 6.62. The molecule has 4 heteroatoms. The van der Waals surface area contributed by atoms with Gasteiger partial charge in [0.25, 0.3) is 5.91 Å². The maximum atomic E-state index is 11.1. The van der Waals surface area contributed by atoms with Gasteiger partial charge in [0.1, 0.15) is 0 Å². The molecule has 1 N–H and O–H groups in total. The van der Waals surface area contributed by atoms with Gasteiger partial charge in [-0.25, -0.2) is 4.79 Å². The molecule has 3 amide bonds. The maximum absolute atomic E-state index is 11.1. The quantitative estimate of drug-likeness (QED) is 0.599. The number of carbonyl (C=O) groups is 2. The molecule has 0 saturated carbocycles. The number of carbonyl (C=O) groups excluding carboxylic acids is 2. The van der Waals surface area contributed by atoms with Crippen LogP contribution in [0.3, 0.4) is 0 Å². The monoisotopic (exact) mass is 166 g/mol. The Morgan fingerprint density at radius 2 is 2.58 bits per heavy atom. The highest BCUT2D eigenvalue weighted by molar-refractivity contribution is 6.02. The lowest BCUT2D eigenvalue weighted by Crippen LogP contribution is -2.40. The highest BCUT2D eigenvalue weighted by atomic mass is 16.2. The first-order chi connectivity index (χ1) is 5.75. The van der Waals surface area contributed by atoms with Crippen LogP contribution in [0.5, 0.6) is 0 Å². The van der Waals surface area contributed by atoms with E-state index in [1.54, 1.807) is 12.2 Å². The summed E-state index contributed by atoms with van der Waals surface area (Å²) in [5.74, 6) is -0.267. The second kappa shape index (κ2) is 3.71. The van der Waals surface area contributed by atoms with Gasteiger partial charge in [0.05, 0.1) is 0 Å². The lowest BCUT2D eigenvalue weighted by Gasteiger charge is -2.13. The average Bonchev–Trinajstić information content (AvgIpc) is 2.47. The number of hydrogen-bond acceptors (Lipinski definition) is 2. The van der Waals surface area contributed by atoms with Crippen molar-refractivity contribution >= 4 is 11.9 Å². The van der Waals surface area contributed by atoms with Crippen LogP contribution in [-0.2, 0) is 4.79 Å². The van der Waals surface area contributed by atoms with Gasteiger partial charge < -0.3 is 5.32 Å². The topological polar surface area (TPSA) is 49.4 Å². The van der Waals surface area contributed by atoms with Crippen molar-refractivity contribution in [1.82, 2.24) is 10.2 Å². The number of amides is 3. The summed E-state index contributed by atoms with van der Waals surface area (Å²) in [7, 11) is 0. The van der Waals surface area contributed by atoms with Gasteiger partial charge in [-0.3, -0.25) is 9.69 Å². The van der Waals surface area contributed by atoms with Crippen LogP contribution < -0.4 is 5.32 Å². The average molecular weight is 166 g/mol. The minimum absolute atomic E-state index is 0.267. The molecule has 0 fully saturated rings. The van der Waals surface area contributed by atoms with Crippen molar-refractivity contribution < 1.29 is 9.59 Å². The maximum Gasteiger partial charge on any atom is 0.324 e. The molecule has 0 aromatic heterocycles. The molecule has 1 heterocycles. The van der Waals surface area contributed by atoms with E-state index in [2.05, 4.69) is 11.9 Å². The molecule has 0 unspecified atom stereocenters. The van der Waals surface area contributed by atoms with Gasteiger partial charge in [-0.05, 0) is 0 Å². The van der Waals surface area contributed by atoms with Crippen LogP contribution in [0.2, 0.25) is 0 Å². The van der Waals surface area contributed by atoms with E-state index in [4.69, 9.17) is 0 Å². The third-order valence-electron chi connectivity index (χ3n) is 1.46. The number of urea groups is 1. The Bertz CT molecular complexity index is 245. The molecule has 0 bridgehead atoms. The van der Waals surface area contributed by atoms with Gasteiger partial charge >= 0.3 is 6.03 Å². The van der Waals surface area contributed by atoms with Crippen molar-refractivity contribution in [2.24, 2.45) is 0 Å². The molecular weight excluding hydrogens is 156 g/mol. The first kappa shape index (κ1) is 8.52. The molecule has 1 aliphatic rings. The highest BCUT2D eigenvalue weighted by Crippen LogP contribution is 2.00. The molecule has 0 aromatic rings. The fraction of sp³-hybridized carbons (Fsp3) is 0.250. The molecule has 0 saturated heterocycles. The van der Waals surface area contributed by atoms with Crippen molar-refractivity contribution in [2.45, 2.75) is 0 Å². The Balaban J connectivity index is 2.43. The second-order valence-corrected chi connectivity index (χ2v) is 2.33. The lowest BCUT2D eigenvalue weighted by molar-refractivity contribution is -0.121. The predicted molar refractivity (Wildman–Crippen MR) is 44.4 cm³/mol. The number of imide groups is 1.